The van der Waals surface area contributed by atoms with Crippen LogP contribution in [0.3, 0.4) is 0 Å². The van der Waals surface area contributed by atoms with Crippen molar-refractivity contribution in [2.24, 2.45) is 5.41 Å². The number of nitrogens with one attached hydrogen (secondary N) is 1. The minimum Gasteiger partial charge on any atom is -0.468 e. The highest BCUT2D eigenvalue weighted by Crippen LogP contribution is 2.41. The maximum absolute atomic E-state index is 5.59. The van der Waals surface area contributed by atoms with Gasteiger partial charge in [-0.1, -0.05) is 12.8 Å². The Bertz CT molecular complexity index is 442. The summed E-state index contributed by atoms with van der Waals surface area (Å²) in [6, 6.07) is 5.79. The van der Waals surface area contributed by atoms with Gasteiger partial charge in [-0.3, -0.25) is 4.90 Å². The van der Waals surface area contributed by atoms with Crippen LogP contribution in [-0.4, -0.2) is 30.1 Å². The Kier molecular flexibility index (Phi) is 3.80. The van der Waals surface area contributed by atoms with Gasteiger partial charge in [0, 0.05) is 25.2 Å². The van der Waals surface area contributed by atoms with Crippen molar-refractivity contribution in [2.45, 2.75) is 70.0 Å². The Hall–Kier alpha value is -0.800. The summed E-state index contributed by atoms with van der Waals surface area (Å²) < 4.78 is 5.59. The molecule has 0 atom stereocenters. The van der Waals surface area contributed by atoms with E-state index in [1.54, 1.807) is 6.26 Å². The number of hydrogen-bond acceptors (Lipinski definition) is 3. The molecular weight excluding hydrogens is 260 g/mol. The van der Waals surface area contributed by atoms with Crippen LogP contribution in [0, 0.1) is 5.41 Å². The summed E-state index contributed by atoms with van der Waals surface area (Å²) in [5, 5.41) is 3.81. The van der Waals surface area contributed by atoms with Gasteiger partial charge in [-0.25, -0.2) is 0 Å². The van der Waals surface area contributed by atoms with Crippen LogP contribution in [0.25, 0.3) is 0 Å². The van der Waals surface area contributed by atoms with Crippen molar-refractivity contribution in [3.05, 3.63) is 24.2 Å². The third kappa shape index (κ3) is 3.51. The van der Waals surface area contributed by atoms with Gasteiger partial charge in [0.25, 0.3) is 0 Å². The van der Waals surface area contributed by atoms with Gasteiger partial charge >= 0.3 is 0 Å². The van der Waals surface area contributed by atoms with Crippen LogP contribution >= 0.6 is 0 Å². The van der Waals surface area contributed by atoms with Crippen LogP contribution in [0.1, 0.15) is 57.1 Å². The van der Waals surface area contributed by atoms with Crippen molar-refractivity contribution in [3.8, 4) is 0 Å². The number of nitrogens with zero attached hydrogens (tertiary/aromatic N) is 1. The molecule has 0 bridgehead atoms. The zero-order valence-electron chi connectivity index (χ0n) is 13.0. The minimum atomic E-state index is 0.526. The van der Waals surface area contributed by atoms with Crippen molar-refractivity contribution in [3.63, 3.8) is 0 Å². The van der Waals surface area contributed by atoms with Crippen LogP contribution in [0.15, 0.2) is 22.8 Å². The topological polar surface area (TPSA) is 28.4 Å². The van der Waals surface area contributed by atoms with E-state index in [-0.39, 0.29) is 0 Å². The lowest BCUT2D eigenvalue weighted by Gasteiger charge is -2.35. The zero-order valence-corrected chi connectivity index (χ0v) is 13.0. The van der Waals surface area contributed by atoms with E-state index < -0.39 is 0 Å². The summed E-state index contributed by atoms with van der Waals surface area (Å²) in [7, 11) is 0. The Labute approximate surface area is 128 Å². The van der Waals surface area contributed by atoms with Gasteiger partial charge in [0.2, 0.25) is 0 Å². The van der Waals surface area contributed by atoms with Crippen molar-refractivity contribution in [1.29, 1.82) is 0 Å². The van der Waals surface area contributed by atoms with E-state index in [4.69, 9.17) is 4.42 Å². The second kappa shape index (κ2) is 5.77. The number of hydrogen-bond donors (Lipinski definition) is 1. The average Bonchev–Trinajstić information content (AvgIpc) is 3.41. The van der Waals surface area contributed by atoms with Gasteiger partial charge in [-0.05, 0) is 56.1 Å². The molecule has 0 amide bonds. The molecule has 0 aliphatic heterocycles. The molecule has 0 spiro atoms. The minimum absolute atomic E-state index is 0.526. The molecule has 0 aromatic carbocycles. The van der Waals surface area contributed by atoms with Crippen molar-refractivity contribution in [1.82, 2.24) is 10.2 Å². The fraction of sp³-hybridized carbons (Fsp3) is 0.778. The molecule has 3 heteroatoms. The molecule has 1 N–H and O–H groups in total. The molecule has 3 saturated carbocycles. The van der Waals surface area contributed by atoms with Crippen LogP contribution in [0.4, 0.5) is 0 Å². The summed E-state index contributed by atoms with van der Waals surface area (Å²) in [4.78, 5) is 2.71. The van der Waals surface area contributed by atoms with Gasteiger partial charge < -0.3 is 9.73 Å². The van der Waals surface area contributed by atoms with E-state index in [2.05, 4.69) is 16.3 Å². The Balaban J connectivity index is 1.41. The molecule has 1 aromatic rings. The zero-order chi connectivity index (χ0) is 14.1. The first-order valence-corrected chi connectivity index (χ1v) is 8.83. The normalized spacial score (nSPS) is 24.8. The van der Waals surface area contributed by atoms with E-state index in [0.717, 1.165) is 24.4 Å². The highest BCUT2D eigenvalue weighted by Gasteiger charge is 2.40. The van der Waals surface area contributed by atoms with Gasteiger partial charge in [-0.15, -0.1) is 0 Å². The first kappa shape index (κ1) is 13.8. The summed E-state index contributed by atoms with van der Waals surface area (Å²) >= 11 is 0. The molecule has 0 saturated heterocycles. The van der Waals surface area contributed by atoms with Gasteiger partial charge in [0.05, 0.1) is 12.8 Å². The summed E-state index contributed by atoms with van der Waals surface area (Å²) in [5.41, 5.74) is 0.526. The van der Waals surface area contributed by atoms with E-state index in [1.807, 2.05) is 6.07 Å². The van der Waals surface area contributed by atoms with Gasteiger partial charge in [-0.2, -0.15) is 0 Å². The Morgan fingerprint density at radius 1 is 1.19 bits per heavy atom. The van der Waals surface area contributed by atoms with E-state index in [9.17, 15) is 0 Å². The second-order valence-corrected chi connectivity index (χ2v) is 7.58. The van der Waals surface area contributed by atoms with Crippen LogP contribution in [0.5, 0.6) is 0 Å². The van der Waals surface area contributed by atoms with Crippen molar-refractivity contribution in [2.75, 3.05) is 13.1 Å². The van der Waals surface area contributed by atoms with E-state index >= 15 is 0 Å². The average molecular weight is 288 g/mol. The molecule has 3 aliphatic carbocycles. The summed E-state index contributed by atoms with van der Waals surface area (Å²) in [6.45, 7) is 3.50. The first-order valence-electron chi connectivity index (χ1n) is 8.83. The summed E-state index contributed by atoms with van der Waals surface area (Å²) in [6.07, 6.45) is 13.0. The Morgan fingerprint density at radius 2 is 2.00 bits per heavy atom. The number of rotatable bonds is 8. The van der Waals surface area contributed by atoms with Crippen LogP contribution < -0.4 is 5.32 Å². The van der Waals surface area contributed by atoms with Gasteiger partial charge in [0.15, 0.2) is 0 Å². The van der Waals surface area contributed by atoms with Crippen LogP contribution in [0.2, 0.25) is 0 Å². The molecule has 1 heterocycles. The second-order valence-electron chi connectivity index (χ2n) is 7.58. The molecule has 3 fully saturated rings. The fourth-order valence-corrected chi connectivity index (χ4v) is 3.95. The molecule has 3 nitrogen and oxygen atoms in total. The van der Waals surface area contributed by atoms with E-state index in [1.165, 1.54) is 64.5 Å². The lowest BCUT2D eigenvalue weighted by molar-refractivity contribution is 0.128. The highest BCUT2D eigenvalue weighted by atomic mass is 16.3. The molecule has 1 aromatic heterocycles. The molecular formula is C18H28N2O. The molecule has 116 valence electrons. The quantitative estimate of drug-likeness (QED) is 0.793. The molecule has 3 aliphatic rings. The van der Waals surface area contributed by atoms with Crippen molar-refractivity contribution < 1.29 is 4.42 Å². The lowest BCUT2D eigenvalue weighted by atomic mass is 9.85. The summed E-state index contributed by atoms with van der Waals surface area (Å²) in [5.74, 6) is 1.13. The predicted octanol–water partition coefficient (Wildman–Crippen LogP) is 3.56. The maximum Gasteiger partial charge on any atom is 0.117 e. The fourth-order valence-electron chi connectivity index (χ4n) is 3.95. The van der Waals surface area contributed by atoms with Crippen molar-refractivity contribution >= 4 is 0 Å². The van der Waals surface area contributed by atoms with E-state index in [0.29, 0.717) is 5.41 Å². The molecule has 0 radical (unpaired) electrons. The monoisotopic (exact) mass is 288 g/mol. The molecule has 4 rings (SSSR count). The Morgan fingerprint density at radius 3 is 2.62 bits per heavy atom. The molecule has 21 heavy (non-hydrogen) atoms. The largest absolute Gasteiger partial charge is 0.468 e. The standard InChI is InChI=1S/C18H28N2O/c1-2-10-18(9-1,13-19-15-5-6-15)14-20(16-7-8-16)12-17-4-3-11-21-17/h3-4,11,15-16,19H,1-2,5-10,12-14H2. The SMILES string of the molecule is c1coc(CN(CC2(CNC3CC3)CCCC2)C2CC2)c1. The smallest absolute Gasteiger partial charge is 0.117 e. The third-order valence-corrected chi connectivity index (χ3v) is 5.55. The predicted molar refractivity (Wildman–Crippen MR) is 84.1 cm³/mol. The highest BCUT2D eigenvalue weighted by molar-refractivity contribution is 5.02. The van der Waals surface area contributed by atoms with Crippen LogP contribution in [-0.2, 0) is 6.54 Å². The third-order valence-electron chi connectivity index (χ3n) is 5.55. The lowest BCUT2D eigenvalue weighted by Crippen LogP contribution is -2.43. The maximum atomic E-state index is 5.59. The van der Waals surface area contributed by atoms with Gasteiger partial charge in [0.1, 0.15) is 5.76 Å². The molecule has 0 unspecified atom stereocenters. The first-order chi connectivity index (χ1) is 10.3. The number of furan rings is 1.